The van der Waals surface area contributed by atoms with Crippen molar-refractivity contribution in [3.05, 3.63) is 0 Å². The highest BCUT2D eigenvalue weighted by molar-refractivity contribution is 5.74. The Hall–Kier alpha value is -0.530. The summed E-state index contributed by atoms with van der Waals surface area (Å²) in [6.07, 6.45) is 4.56. The van der Waals surface area contributed by atoms with E-state index in [2.05, 4.69) is 13.8 Å². The molecule has 0 bridgehead atoms. The molecule has 13 heavy (non-hydrogen) atoms. The number of esters is 1. The van der Waals surface area contributed by atoms with E-state index in [0.717, 1.165) is 12.8 Å². The van der Waals surface area contributed by atoms with Gasteiger partial charge in [-0.1, -0.05) is 20.3 Å². The molecule has 1 saturated carbocycles. The standard InChI is InChI=1S/C11H18O2/c1-3-4-9-10(12)13-7-8-5-6-11(8,9)2/h8-9H,3-7H2,1-2H3. The first kappa shape index (κ1) is 9.04. The van der Waals surface area contributed by atoms with E-state index in [1.807, 2.05) is 0 Å². The van der Waals surface area contributed by atoms with E-state index >= 15 is 0 Å². The van der Waals surface area contributed by atoms with E-state index < -0.39 is 0 Å². The average Bonchev–Trinajstić information content (AvgIpc) is 2.09. The number of hydrogen-bond acceptors (Lipinski definition) is 2. The van der Waals surface area contributed by atoms with Crippen molar-refractivity contribution in [1.29, 1.82) is 0 Å². The fourth-order valence-corrected chi connectivity index (χ4v) is 2.83. The first-order valence-corrected chi connectivity index (χ1v) is 5.35. The molecular weight excluding hydrogens is 164 g/mol. The van der Waals surface area contributed by atoms with E-state index in [9.17, 15) is 4.79 Å². The Kier molecular flexibility index (Phi) is 2.09. The minimum atomic E-state index is 0.0558. The van der Waals surface area contributed by atoms with Gasteiger partial charge in [0.1, 0.15) is 0 Å². The predicted molar refractivity (Wildman–Crippen MR) is 50.2 cm³/mol. The van der Waals surface area contributed by atoms with Crippen LogP contribution in [0, 0.1) is 17.3 Å². The summed E-state index contributed by atoms with van der Waals surface area (Å²) in [5.41, 5.74) is 0.283. The zero-order chi connectivity index (χ0) is 9.47. The second kappa shape index (κ2) is 3.00. The molecule has 3 unspecified atom stereocenters. The maximum atomic E-state index is 11.6. The van der Waals surface area contributed by atoms with Crippen molar-refractivity contribution in [2.24, 2.45) is 17.3 Å². The molecule has 1 saturated heterocycles. The van der Waals surface area contributed by atoms with Gasteiger partial charge < -0.3 is 4.74 Å². The third-order valence-corrected chi connectivity index (χ3v) is 4.05. The van der Waals surface area contributed by atoms with Crippen molar-refractivity contribution >= 4 is 5.97 Å². The van der Waals surface area contributed by atoms with Crippen molar-refractivity contribution in [2.75, 3.05) is 6.61 Å². The van der Waals surface area contributed by atoms with Gasteiger partial charge in [0.2, 0.25) is 0 Å². The monoisotopic (exact) mass is 182 g/mol. The van der Waals surface area contributed by atoms with Crippen LogP contribution in [0.15, 0.2) is 0 Å². The number of ether oxygens (including phenoxy) is 1. The summed E-state index contributed by atoms with van der Waals surface area (Å²) >= 11 is 0. The molecule has 0 N–H and O–H groups in total. The van der Waals surface area contributed by atoms with Gasteiger partial charge in [0.15, 0.2) is 0 Å². The van der Waals surface area contributed by atoms with Crippen LogP contribution in [0.4, 0.5) is 0 Å². The van der Waals surface area contributed by atoms with E-state index in [1.54, 1.807) is 0 Å². The van der Waals surface area contributed by atoms with Gasteiger partial charge in [-0.05, 0) is 30.6 Å². The molecule has 0 spiro atoms. The van der Waals surface area contributed by atoms with Crippen LogP contribution in [0.5, 0.6) is 0 Å². The Morgan fingerprint density at radius 2 is 2.38 bits per heavy atom. The van der Waals surface area contributed by atoms with Gasteiger partial charge >= 0.3 is 5.97 Å². The molecule has 0 amide bonds. The molecule has 2 heteroatoms. The fraction of sp³-hybridized carbons (Fsp3) is 0.909. The number of carbonyl (C=O) groups is 1. The number of carbonyl (C=O) groups excluding carboxylic acids is 1. The van der Waals surface area contributed by atoms with Crippen LogP contribution in [0.25, 0.3) is 0 Å². The Bertz CT molecular complexity index is 224. The predicted octanol–water partition coefficient (Wildman–Crippen LogP) is 2.38. The lowest BCUT2D eigenvalue weighted by Gasteiger charge is -2.53. The van der Waals surface area contributed by atoms with Gasteiger partial charge in [-0.3, -0.25) is 4.79 Å². The van der Waals surface area contributed by atoms with Crippen LogP contribution in [0.3, 0.4) is 0 Å². The molecule has 0 aromatic carbocycles. The summed E-state index contributed by atoms with van der Waals surface area (Å²) in [6.45, 7) is 5.08. The lowest BCUT2D eigenvalue weighted by Crippen LogP contribution is -2.53. The van der Waals surface area contributed by atoms with Gasteiger partial charge in [-0.25, -0.2) is 0 Å². The fourth-order valence-electron chi connectivity index (χ4n) is 2.83. The normalized spacial score (nSPS) is 43.4. The van der Waals surface area contributed by atoms with Crippen molar-refractivity contribution in [3.63, 3.8) is 0 Å². The Labute approximate surface area is 79.7 Å². The Morgan fingerprint density at radius 3 is 2.92 bits per heavy atom. The van der Waals surface area contributed by atoms with Gasteiger partial charge in [-0.15, -0.1) is 0 Å². The maximum absolute atomic E-state index is 11.6. The van der Waals surface area contributed by atoms with Crippen molar-refractivity contribution in [3.8, 4) is 0 Å². The molecule has 1 heterocycles. The highest BCUT2D eigenvalue weighted by Gasteiger charge is 2.54. The van der Waals surface area contributed by atoms with Gasteiger partial charge in [0.05, 0.1) is 12.5 Å². The van der Waals surface area contributed by atoms with E-state index in [0.29, 0.717) is 12.5 Å². The molecule has 1 aliphatic carbocycles. The molecule has 0 aromatic heterocycles. The zero-order valence-electron chi connectivity index (χ0n) is 8.51. The van der Waals surface area contributed by atoms with Crippen LogP contribution in [-0.4, -0.2) is 12.6 Å². The van der Waals surface area contributed by atoms with Gasteiger partial charge in [0.25, 0.3) is 0 Å². The van der Waals surface area contributed by atoms with E-state index in [-0.39, 0.29) is 17.3 Å². The topological polar surface area (TPSA) is 26.3 Å². The van der Waals surface area contributed by atoms with Crippen LogP contribution in [-0.2, 0) is 9.53 Å². The largest absolute Gasteiger partial charge is 0.465 e. The Morgan fingerprint density at radius 1 is 1.62 bits per heavy atom. The lowest BCUT2D eigenvalue weighted by molar-refractivity contribution is -0.184. The molecule has 0 radical (unpaired) electrons. The van der Waals surface area contributed by atoms with Crippen LogP contribution in [0.2, 0.25) is 0 Å². The summed E-state index contributed by atoms with van der Waals surface area (Å²) < 4.78 is 5.20. The molecule has 74 valence electrons. The Balaban J connectivity index is 2.14. The van der Waals surface area contributed by atoms with E-state index in [4.69, 9.17) is 4.74 Å². The smallest absolute Gasteiger partial charge is 0.309 e. The molecular formula is C11H18O2. The quantitative estimate of drug-likeness (QED) is 0.613. The molecule has 3 atom stereocenters. The summed E-state index contributed by atoms with van der Waals surface area (Å²) in [6, 6.07) is 0. The number of cyclic esters (lactones) is 1. The third-order valence-electron chi connectivity index (χ3n) is 4.05. The summed E-state index contributed by atoms with van der Waals surface area (Å²) in [7, 11) is 0. The summed E-state index contributed by atoms with van der Waals surface area (Å²) in [4.78, 5) is 11.6. The van der Waals surface area contributed by atoms with Crippen LogP contribution < -0.4 is 0 Å². The summed E-state index contributed by atoms with van der Waals surface area (Å²) in [5, 5.41) is 0. The van der Waals surface area contributed by atoms with Crippen LogP contribution >= 0.6 is 0 Å². The number of fused-ring (bicyclic) bond motifs is 1. The zero-order valence-corrected chi connectivity index (χ0v) is 8.51. The molecule has 2 rings (SSSR count). The van der Waals surface area contributed by atoms with Gasteiger partial charge in [0, 0.05) is 0 Å². The van der Waals surface area contributed by atoms with Crippen molar-refractivity contribution < 1.29 is 9.53 Å². The van der Waals surface area contributed by atoms with Crippen LogP contribution in [0.1, 0.15) is 39.5 Å². The van der Waals surface area contributed by atoms with Crippen molar-refractivity contribution in [1.82, 2.24) is 0 Å². The maximum Gasteiger partial charge on any atom is 0.309 e. The molecule has 0 aromatic rings. The average molecular weight is 182 g/mol. The van der Waals surface area contributed by atoms with Gasteiger partial charge in [-0.2, -0.15) is 0 Å². The first-order chi connectivity index (χ1) is 6.18. The molecule has 2 aliphatic rings. The minimum absolute atomic E-state index is 0.0558. The second-order valence-corrected chi connectivity index (χ2v) is 4.71. The SMILES string of the molecule is CCCC1C(=O)OCC2CCC21C. The minimum Gasteiger partial charge on any atom is -0.465 e. The number of rotatable bonds is 2. The first-order valence-electron chi connectivity index (χ1n) is 5.35. The summed E-state index contributed by atoms with van der Waals surface area (Å²) in [5.74, 6) is 0.895. The molecule has 2 nitrogen and oxygen atoms in total. The molecule has 1 aliphatic heterocycles. The van der Waals surface area contributed by atoms with E-state index in [1.165, 1.54) is 12.8 Å². The highest BCUT2D eigenvalue weighted by Crippen LogP contribution is 2.55. The highest BCUT2D eigenvalue weighted by atomic mass is 16.5. The lowest BCUT2D eigenvalue weighted by atomic mass is 9.53. The molecule has 2 fully saturated rings. The second-order valence-electron chi connectivity index (χ2n) is 4.71. The third kappa shape index (κ3) is 1.18. The van der Waals surface area contributed by atoms with Crippen molar-refractivity contribution in [2.45, 2.75) is 39.5 Å². The number of hydrogen-bond donors (Lipinski definition) is 0.